The van der Waals surface area contributed by atoms with E-state index in [1.165, 1.54) is 6.42 Å². The fourth-order valence-electron chi connectivity index (χ4n) is 3.17. The van der Waals surface area contributed by atoms with Gasteiger partial charge in [-0.15, -0.1) is 0 Å². The van der Waals surface area contributed by atoms with E-state index in [4.69, 9.17) is 4.74 Å². The lowest BCUT2D eigenvalue weighted by molar-refractivity contribution is -0.0158. The highest BCUT2D eigenvalue weighted by atomic mass is 16.6. The molecule has 1 amide bonds. The molecule has 0 heterocycles. The van der Waals surface area contributed by atoms with Gasteiger partial charge in [0, 0.05) is 6.54 Å². The number of hydrogen-bond donors (Lipinski definition) is 2. The maximum Gasteiger partial charge on any atom is 0.407 e. The number of aliphatic hydroxyl groups is 1. The maximum atomic E-state index is 11.5. The molecule has 17 heavy (non-hydrogen) atoms. The van der Waals surface area contributed by atoms with Crippen LogP contribution in [0.15, 0.2) is 0 Å². The Kier molecular flexibility index (Phi) is 3.10. The molecule has 2 bridgehead atoms. The minimum absolute atomic E-state index is 0.322. The zero-order valence-corrected chi connectivity index (χ0v) is 11.0. The van der Waals surface area contributed by atoms with Crippen LogP contribution in [0.5, 0.6) is 0 Å². The summed E-state index contributed by atoms with van der Waals surface area (Å²) in [5.41, 5.74) is -1.18. The average molecular weight is 241 g/mol. The van der Waals surface area contributed by atoms with Crippen LogP contribution < -0.4 is 5.32 Å². The van der Waals surface area contributed by atoms with Gasteiger partial charge in [0.25, 0.3) is 0 Å². The van der Waals surface area contributed by atoms with Gasteiger partial charge >= 0.3 is 6.09 Å². The molecule has 0 aliphatic heterocycles. The van der Waals surface area contributed by atoms with Gasteiger partial charge in [0.15, 0.2) is 0 Å². The first kappa shape index (κ1) is 12.7. The Morgan fingerprint density at radius 1 is 1.47 bits per heavy atom. The number of carbonyl (C=O) groups is 1. The molecule has 2 N–H and O–H groups in total. The molecule has 3 atom stereocenters. The molecule has 0 aromatic rings. The average Bonchev–Trinajstić information content (AvgIpc) is 2.72. The summed E-state index contributed by atoms with van der Waals surface area (Å²) < 4.78 is 5.16. The summed E-state index contributed by atoms with van der Waals surface area (Å²) in [6, 6.07) is 0. The van der Waals surface area contributed by atoms with E-state index in [9.17, 15) is 9.90 Å². The lowest BCUT2D eigenvalue weighted by Crippen LogP contribution is -2.47. The van der Waals surface area contributed by atoms with Crippen LogP contribution in [0, 0.1) is 11.8 Å². The fraction of sp³-hybridized carbons (Fsp3) is 0.923. The maximum absolute atomic E-state index is 11.5. The predicted octanol–water partition coefficient (Wildman–Crippen LogP) is 2.06. The van der Waals surface area contributed by atoms with E-state index in [1.54, 1.807) is 0 Å². The van der Waals surface area contributed by atoms with Crippen LogP contribution >= 0.6 is 0 Å². The Labute approximate surface area is 103 Å². The normalized spacial score (nSPS) is 36.0. The monoisotopic (exact) mass is 241 g/mol. The van der Waals surface area contributed by atoms with E-state index in [0.717, 1.165) is 19.3 Å². The highest BCUT2D eigenvalue weighted by Crippen LogP contribution is 2.50. The number of amides is 1. The van der Waals surface area contributed by atoms with E-state index in [2.05, 4.69) is 5.32 Å². The van der Waals surface area contributed by atoms with Gasteiger partial charge in [-0.05, 0) is 58.3 Å². The molecule has 0 saturated heterocycles. The minimum atomic E-state index is -0.695. The SMILES string of the molecule is CC(C)(C)OC(=O)NC[C@@]1(O)C[C@H]2CC[C@@H]1C2. The summed E-state index contributed by atoms with van der Waals surface area (Å²) in [5, 5.41) is 13.2. The first-order chi connectivity index (χ1) is 7.78. The van der Waals surface area contributed by atoms with Gasteiger partial charge < -0.3 is 15.2 Å². The standard InChI is InChI=1S/C13H23NO3/c1-12(2,3)17-11(15)14-8-13(16)7-9-4-5-10(13)6-9/h9-10,16H,4-8H2,1-3H3,(H,14,15)/t9-,10+,13-/m0/s1. The molecule has 0 aromatic carbocycles. The van der Waals surface area contributed by atoms with Crippen molar-refractivity contribution in [3.8, 4) is 0 Å². The van der Waals surface area contributed by atoms with Crippen LogP contribution in [0.1, 0.15) is 46.5 Å². The molecule has 2 rings (SSSR count). The first-order valence-corrected chi connectivity index (χ1v) is 6.48. The van der Waals surface area contributed by atoms with Crippen LogP contribution in [0.4, 0.5) is 4.79 Å². The molecular formula is C13H23NO3. The van der Waals surface area contributed by atoms with E-state index in [1.807, 2.05) is 20.8 Å². The van der Waals surface area contributed by atoms with Gasteiger partial charge in [-0.3, -0.25) is 0 Å². The quantitative estimate of drug-likeness (QED) is 0.778. The van der Waals surface area contributed by atoms with Crippen LogP contribution in [-0.2, 0) is 4.74 Å². The minimum Gasteiger partial charge on any atom is -0.444 e. The molecule has 2 aliphatic carbocycles. The summed E-state index contributed by atoms with van der Waals surface area (Å²) in [4.78, 5) is 11.5. The Hall–Kier alpha value is -0.770. The van der Waals surface area contributed by atoms with Gasteiger partial charge in [-0.1, -0.05) is 0 Å². The van der Waals surface area contributed by atoms with Gasteiger partial charge in [0.1, 0.15) is 5.60 Å². The van der Waals surface area contributed by atoms with Gasteiger partial charge in [-0.2, -0.15) is 0 Å². The van der Waals surface area contributed by atoms with Crippen molar-refractivity contribution in [3.63, 3.8) is 0 Å². The van der Waals surface area contributed by atoms with Crippen molar-refractivity contribution in [2.24, 2.45) is 11.8 Å². The Morgan fingerprint density at radius 2 is 2.18 bits per heavy atom. The second-order valence-corrected chi connectivity index (χ2v) is 6.54. The van der Waals surface area contributed by atoms with Crippen molar-refractivity contribution < 1.29 is 14.6 Å². The molecule has 0 spiro atoms. The molecule has 4 nitrogen and oxygen atoms in total. The summed E-state index contributed by atoms with van der Waals surface area (Å²) in [7, 11) is 0. The molecule has 98 valence electrons. The highest BCUT2D eigenvalue weighted by Gasteiger charge is 2.49. The molecular weight excluding hydrogens is 218 g/mol. The van der Waals surface area contributed by atoms with E-state index < -0.39 is 17.3 Å². The molecule has 0 radical (unpaired) electrons. The van der Waals surface area contributed by atoms with Gasteiger partial charge in [-0.25, -0.2) is 4.79 Å². The number of fused-ring (bicyclic) bond motifs is 2. The summed E-state index contributed by atoms with van der Waals surface area (Å²) in [5.74, 6) is 1.02. The molecule has 4 heteroatoms. The third kappa shape index (κ3) is 2.92. The Bertz CT molecular complexity index is 310. The fourth-order valence-corrected chi connectivity index (χ4v) is 3.17. The second-order valence-electron chi connectivity index (χ2n) is 6.54. The van der Waals surface area contributed by atoms with Crippen LogP contribution in [0.2, 0.25) is 0 Å². The van der Waals surface area contributed by atoms with Crippen molar-refractivity contribution in [2.75, 3.05) is 6.54 Å². The molecule has 0 aromatic heterocycles. The van der Waals surface area contributed by atoms with Crippen LogP contribution in [-0.4, -0.2) is 28.9 Å². The molecule has 2 aliphatic rings. The predicted molar refractivity (Wildman–Crippen MR) is 64.6 cm³/mol. The van der Waals surface area contributed by atoms with Crippen molar-refractivity contribution in [1.82, 2.24) is 5.32 Å². The first-order valence-electron chi connectivity index (χ1n) is 6.48. The number of rotatable bonds is 2. The van der Waals surface area contributed by atoms with E-state index in [0.29, 0.717) is 18.4 Å². The van der Waals surface area contributed by atoms with Gasteiger partial charge in [0.05, 0.1) is 5.60 Å². The Balaban J connectivity index is 1.80. The second kappa shape index (κ2) is 4.16. The summed E-state index contributed by atoms with van der Waals surface area (Å²) in [6.07, 6.45) is 3.84. The molecule has 2 fully saturated rings. The molecule has 2 saturated carbocycles. The van der Waals surface area contributed by atoms with Crippen molar-refractivity contribution >= 4 is 6.09 Å². The van der Waals surface area contributed by atoms with Crippen LogP contribution in [0.3, 0.4) is 0 Å². The lowest BCUT2D eigenvalue weighted by atomic mass is 9.84. The topological polar surface area (TPSA) is 58.6 Å². The van der Waals surface area contributed by atoms with Crippen molar-refractivity contribution in [1.29, 1.82) is 0 Å². The largest absolute Gasteiger partial charge is 0.444 e. The number of nitrogens with one attached hydrogen (secondary N) is 1. The smallest absolute Gasteiger partial charge is 0.407 e. The third-order valence-electron chi connectivity index (χ3n) is 3.88. The zero-order valence-electron chi connectivity index (χ0n) is 11.0. The number of hydrogen-bond acceptors (Lipinski definition) is 3. The number of ether oxygens (including phenoxy) is 1. The molecule has 0 unspecified atom stereocenters. The third-order valence-corrected chi connectivity index (χ3v) is 3.88. The number of alkyl carbamates (subject to hydrolysis) is 1. The summed E-state index contributed by atoms with van der Waals surface area (Å²) in [6.45, 7) is 5.82. The summed E-state index contributed by atoms with van der Waals surface area (Å²) >= 11 is 0. The highest BCUT2D eigenvalue weighted by molar-refractivity contribution is 5.67. The van der Waals surface area contributed by atoms with E-state index in [-0.39, 0.29) is 0 Å². The lowest BCUT2D eigenvalue weighted by Gasteiger charge is -2.32. The number of carbonyl (C=O) groups excluding carboxylic acids is 1. The Morgan fingerprint density at radius 3 is 2.65 bits per heavy atom. The van der Waals surface area contributed by atoms with Crippen LogP contribution in [0.25, 0.3) is 0 Å². The van der Waals surface area contributed by atoms with E-state index >= 15 is 0 Å². The van der Waals surface area contributed by atoms with Crippen molar-refractivity contribution in [2.45, 2.75) is 57.7 Å². The van der Waals surface area contributed by atoms with Gasteiger partial charge in [0.2, 0.25) is 0 Å². The van der Waals surface area contributed by atoms with Crippen molar-refractivity contribution in [3.05, 3.63) is 0 Å². The zero-order chi connectivity index (χ0) is 12.7.